The first kappa shape index (κ1) is 20.4. The molecule has 5 nitrogen and oxygen atoms in total. The van der Waals surface area contributed by atoms with Crippen LogP contribution in [0, 0.1) is 13.8 Å². The van der Waals surface area contributed by atoms with E-state index in [1.54, 1.807) is 11.3 Å². The zero-order chi connectivity index (χ0) is 21.4. The number of thiazole rings is 1. The van der Waals surface area contributed by atoms with Crippen LogP contribution < -0.4 is 5.32 Å². The van der Waals surface area contributed by atoms with Crippen molar-refractivity contribution in [3.63, 3.8) is 0 Å². The lowest BCUT2D eigenvalue weighted by atomic mass is 10.0. The Balaban J connectivity index is 1.25. The van der Waals surface area contributed by atoms with Gasteiger partial charge in [0.05, 0.1) is 27.8 Å². The number of aryl methyl sites for hydroxylation is 2. The third kappa shape index (κ3) is 4.42. The van der Waals surface area contributed by atoms with Gasteiger partial charge in [-0.15, -0.1) is 11.3 Å². The highest BCUT2D eigenvalue weighted by Crippen LogP contribution is 2.27. The van der Waals surface area contributed by atoms with Crippen LogP contribution in [-0.4, -0.2) is 32.1 Å². The second-order valence-electron chi connectivity index (χ2n) is 8.55. The Morgan fingerprint density at radius 2 is 1.94 bits per heavy atom. The molecule has 2 aromatic heterocycles. The van der Waals surface area contributed by atoms with E-state index in [0.717, 1.165) is 58.8 Å². The molecule has 1 saturated heterocycles. The Hall–Kier alpha value is -2.54. The van der Waals surface area contributed by atoms with Gasteiger partial charge in [0.2, 0.25) is 0 Å². The first-order valence-corrected chi connectivity index (χ1v) is 11.8. The van der Waals surface area contributed by atoms with Gasteiger partial charge in [-0.25, -0.2) is 9.97 Å². The first-order chi connectivity index (χ1) is 15.0. The zero-order valence-electron chi connectivity index (χ0n) is 17.9. The molecule has 4 aromatic rings. The van der Waals surface area contributed by atoms with Crippen LogP contribution in [0.4, 0.5) is 0 Å². The molecular weight excluding hydrogens is 404 g/mol. The van der Waals surface area contributed by atoms with Gasteiger partial charge in [0, 0.05) is 23.4 Å². The molecule has 5 rings (SSSR count). The number of aliphatic hydroxyl groups excluding tert-OH is 1. The summed E-state index contributed by atoms with van der Waals surface area (Å²) >= 11 is 1.74. The molecule has 3 heterocycles. The molecule has 0 amide bonds. The van der Waals surface area contributed by atoms with E-state index in [1.165, 1.54) is 10.4 Å². The fraction of sp³-hybridized carbons (Fsp3) is 0.360. The fourth-order valence-electron chi connectivity index (χ4n) is 4.64. The monoisotopic (exact) mass is 432 g/mol. The van der Waals surface area contributed by atoms with Gasteiger partial charge in [0.15, 0.2) is 0 Å². The molecule has 0 radical (unpaired) electrons. The molecule has 6 heteroatoms. The van der Waals surface area contributed by atoms with E-state index in [2.05, 4.69) is 40.4 Å². The zero-order valence-corrected chi connectivity index (χ0v) is 18.7. The van der Waals surface area contributed by atoms with Crippen LogP contribution in [0.5, 0.6) is 0 Å². The maximum atomic E-state index is 10.7. The molecule has 0 bridgehead atoms. The molecule has 1 aliphatic heterocycles. The minimum absolute atomic E-state index is 0.111. The second-order valence-corrected chi connectivity index (χ2v) is 9.96. The van der Waals surface area contributed by atoms with Gasteiger partial charge >= 0.3 is 0 Å². The van der Waals surface area contributed by atoms with Crippen LogP contribution in [0.25, 0.3) is 11.0 Å². The quantitative estimate of drug-likeness (QED) is 0.416. The molecule has 0 saturated carbocycles. The molecule has 0 spiro atoms. The van der Waals surface area contributed by atoms with Crippen LogP contribution in [0.1, 0.15) is 51.5 Å². The van der Waals surface area contributed by atoms with Crippen molar-refractivity contribution in [2.24, 2.45) is 0 Å². The van der Waals surface area contributed by atoms with Crippen molar-refractivity contribution in [3.05, 3.63) is 81.1 Å². The van der Waals surface area contributed by atoms with Crippen molar-refractivity contribution < 1.29 is 5.11 Å². The van der Waals surface area contributed by atoms with Crippen molar-refractivity contribution >= 4 is 22.4 Å². The summed E-state index contributed by atoms with van der Waals surface area (Å²) in [6.45, 7) is 4.17. The number of H-pyrrole nitrogens is 1. The Kier molecular flexibility index (Phi) is 5.61. The number of hydrogen-bond acceptors (Lipinski definition) is 5. The third-order valence-corrected chi connectivity index (χ3v) is 7.14. The normalized spacial score (nSPS) is 19.8. The Morgan fingerprint density at radius 1 is 1.10 bits per heavy atom. The molecule has 31 heavy (non-hydrogen) atoms. The number of rotatable bonds is 6. The minimum atomic E-state index is -0.457. The van der Waals surface area contributed by atoms with Crippen LogP contribution in [0.15, 0.2) is 48.5 Å². The summed E-state index contributed by atoms with van der Waals surface area (Å²) in [4.78, 5) is 14.1. The second kappa shape index (κ2) is 8.54. The molecule has 3 atom stereocenters. The van der Waals surface area contributed by atoms with Gasteiger partial charge in [-0.1, -0.05) is 36.4 Å². The highest BCUT2D eigenvalue weighted by Gasteiger charge is 2.29. The molecule has 1 aliphatic rings. The summed E-state index contributed by atoms with van der Waals surface area (Å²) < 4.78 is 0. The summed E-state index contributed by atoms with van der Waals surface area (Å²) in [5, 5.41) is 15.5. The van der Waals surface area contributed by atoms with Crippen molar-refractivity contribution in [1.82, 2.24) is 20.3 Å². The lowest BCUT2D eigenvalue weighted by Crippen LogP contribution is -2.35. The number of nitrogens with one attached hydrogen (secondary N) is 2. The average molecular weight is 433 g/mol. The van der Waals surface area contributed by atoms with Crippen molar-refractivity contribution in [2.45, 2.75) is 57.7 Å². The van der Waals surface area contributed by atoms with E-state index in [4.69, 9.17) is 4.98 Å². The van der Waals surface area contributed by atoms with E-state index in [-0.39, 0.29) is 6.04 Å². The summed E-state index contributed by atoms with van der Waals surface area (Å²) in [5.41, 5.74) is 5.46. The Bertz CT molecular complexity index is 1180. The van der Waals surface area contributed by atoms with Crippen molar-refractivity contribution in [3.8, 4) is 0 Å². The van der Waals surface area contributed by atoms with Crippen LogP contribution in [-0.2, 0) is 12.8 Å². The summed E-state index contributed by atoms with van der Waals surface area (Å²) in [7, 11) is 0. The van der Waals surface area contributed by atoms with E-state index >= 15 is 0 Å². The number of nitrogens with zero attached hydrogens (tertiary/aromatic N) is 2. The number of aromatic nitrogens is 3. The van der Waals surface area contributed by atoms with Gasteiger partial charge in [0.25, 0.3) is 0 Å². The van der Waals surface area contributed by atoms with E-state index in [9.17, 15) is 5.11 Å². The highest BCUT2D eigenvalue weighted by molar-refractivity contribution is 7.11. The fourth-order valence-corrected chi connectivity index (χ4v) is 5.48. The summed E-state index contributed by atoms with van der Waals surface area (Å²) in [5.74, 6) is 0.964. The number of aromatic amines is 1. The largest absolute Gasteiger partial charge is 0.387 e. The average Bonchev–Trinajstić information content (AvgIpc) is 3.47. The van der Waals surface area contributed by atoms with Crippen LogP contribution >= 0.6 is 11.3 Å². The standard InChI is InChI=1S/C25H28N4OS/c1-15-22(26-16(2)31-15)14-24-28-20-10-8-17(13-23(20)29-24)12-19-9-11-21(27-19)25(30)18-6-4-3-5-7-18/h3-8,10,13,19,21,25,27,30H,9,11-12,14H2,1-2H3,(H,28,29)/t19-,21+,25+/m0/s1. The SMILES string of the molecule is Cc1nc(Cc2nc3ccc(C[C@@H]4CC[C@H]([C@H](O)c5ccccc5)N4)cc3[nH]2)c(C)s1. The summed E-state index contributed by atoms with van der Waals surface area (Å²) in [6, 6.07) is 16.9. The number of imidazole rings is 1. The first-order valence-electron chi connectivity index (χ1n) is 10.9. The maximum absolute atomic E-state index is 10.7. The number of fused-ring (bicyclic) bond motifs is 1. The van der Waals surface area contributed by atoms with Gasteiger partial charge in [-0.2, -0.15) is 0 Å². The van der Waals surface area contributed by atoms with Gasteiger partial charge in [0.1, 0.15) is 5.82 Å². The smallest absolute Gasteiger partial charge is 0.113 e. The van der Waals surface area contributed by atoms with Crippen LogP contribution in [0.2, 0.25) is 0 Å². The van der Waals surface area contributed by atoms with Gasteiger partial charge < -0.3 is 15.4 Å². The molecule has 0 aliphatic carbocycles. The van der Waals surface area contributed by atoms with Gasteiger partial charge in [-0.05, 0) is 56.4 Å². The topological polar surface area (TPSA) is 73.8 Å². The lowest BCUT2D eigenvalue weighted by molar-refractivity contribution is 0.135. The number of benzene rings is 2. The number of hydrogen-bond donors (Lipinski definition) is 3. The predicted octanol–water partition coefficient (Wildman–Crippen LogP) is 4.62. The maximum Gasteiger partial charge on any atom is 0.113 e. The highest BCUT2D eigenvalue weighted by atomic mass is 32.1. The minimum Gasteiger partial charge on any atom is -0.387 e. The van der Waals surface area contributed by atoms with Crippen LogP contribution in [0.3, 0.4) is 0 Å². The van der Waals surface area contributed by atoms with E-state index < -0.39 is 6.10 Å². The summed E-state index contributed by atoms with van der Waals surface area (Å²) in [6.07, 6.45) is 3.30. The van der Waals surface area contributed by atoms with E-state index in [0.29, 0.717) is 6.04 Å². The van der Waals surface area contributed by atoms with E-state index in [1.807, 2.05) is 37.3 Å². The van der Waals surface area contributed by atoms with Crippen molar-refractivity contribution in [1.29, 1.82) is 0 Å². The molecule has 1 fully saturated rings. The van der Waals surface area contributed by atoms with Crippen molar-refractivity contribution in [2.75, 3.05) is 0 Å². The molecular formula is C25H28N4OS. The molecule has 160 valence electrons. The Morgan fingerprint density at radius 3 is 2.71 bits per heavy atom. The third-order valence-electron chi connectivity index (χ3n) is 6.21. The Labute approximate surface area is 186 Å². The molecule has 2 aromatic carbocycles. The lowest BCUT2D eigenvalue weighted by Gasteiger charge is -2.20. The number of aliphatic hydroxyl groups is 1. The molecule has 0 unspecified atom stereocenters. The van der Waals surface area contributed by atoms with Gasteiger partial charge in [-0.3, -0.25) is 0 Å². The molecule has 3 N–H and O–H groups in total. The predicted molar refractivity (Wildman–Crippen MR) is 126 cm³/mol.